The maximum atomic E-state index is 13.1. The molecule has 0 aliphatic heterocycles. The van der Waals surface area contributed by atoms with E-state index >= 15 is 0 Å². The summed E-state index contributed by atoms with van der Waals surface area (Å²) in [6.45, 7) is 5.79. The summed E-state index contributed by atoms with van der Waals surface area (Å²) in [4.78, 5) is 28.3. The second-order valence-electron chi connectivity index (χ2n) is 6.57. The lowest BCUT2D eigenvalue weighted by Gasteiger charge is -2.20. The average molecular weight is 427 g/mol. The summed E-state index contributed by atoms with van der Waals surface area (Å²) in [6, 6.07) is 6.64. The van der Waals surface area contributed by atoms with Crippen molar-refractivity contribution in [1.29, 1.82) is 0 Å². The summed E-state index contributed by atoms with van der Waals surface area (Å²) in [5.41, 5.74) is -0.110. The van der Waals surface area contributed by atoms with E-state index in [0.717, 1.165) is 35.8 Å². The van der Waals surface area contributed by atoms with Crippen LogP contribution in [-0.4, -0.2) is 29.8 Å². The lowest BCUT2D eigenvalue weighted by Crippen LogP contribution is -2.37. The zero-order valence-corrected chi connectivity index (χ0v) is 17.5. The summed E-state index contributed by atoms with van der Waals surface area (Å²) < 4.78 is 39.3. The highest BCUT2D eigenvalue weighted by atomic mass is 32.1. The quantitative estimate of drug-likeness (QED) is 0.616. The van der Waals surface area contributed by atoms with Gasteiger partial charge in [-0.25, -0.2) is 0 Å². The van der Waals surface area contributed by atoms with Gasteiger partial charge in [0.1, 0.15) is 6.54 Å². The molecule has 0 unspecified atom stereocenters. The first-order valence-electron chi connectivity index (χ1n) is 9.58. The highest BCUT2D eigenvalue weighted by molar-refractivity contribution is 7.14. The van der Waals surface area contributed by atoms with Crippen LogP contribution in [-0.2, 0) is 23.8 Å². The smallest absolute Gasteiger partial charge is 0.329 e. The molecule has 2 amide bonds. The van der Waals surface area contributed by atoms with Gasteiger partial charge >= 0.3 is 6.18 Å². The van der Waals surface area contributed by atoms with Crippen molar-refractivity contribution in [3.8, 4) is 0 Å². The van der Waals surface area contributed by atoms with E-state index in [9.17, 15) is 22.8 Å². The van der Waals surface area contributed by atoms with Crippen LogP contribution in [0.2, 0.25) is 0 Å². The third-order valence-electron chi connectivity index (χ3n) is 4.48. The number of likely N-dealkylation sites (N-methyl/N-ethyl adjacent to an activating group) is 1. The number of para-hydroxylation sites is 1. The number of hydrogen-bond acceptors (Lipinski definition) is 3. The molecule has 4 nitrogen and oxygen atoms in total. The molecule has 0 fully saturated rings. The molecule has 0 aliphatic rings. The molecular formula is C21H25F3N2O2S. The van der Waals surface area contributed by atoms with E-state index in [-0.39, 0.29) is 24.7 Å². The maximum Gasteiger partial charge on any atom is 0.418 e. The van der Waals surface area contributed by atoms with Gasteiger partial charge in [0.2, 0.25) is 5.91 Å². The topological polar surface area (TPSA) is 49.4 Å². The Morgan fingerprint density at radius 2 is 1.83 bits per heavy atom. The zero-order chi connectivity index (χ0) is 21.6. The van der Waals surface area contributed by atoms with Crippen LogP contribution in [0.15, 0.2) is 30.3 Å². The van der Waals surface area contributed by atoms with Crippen molar-refractivity contribution in [1.82, 2.24) is 4.90 Å². The van der Waals surface area contributed by atoms with Crippen LogP contribution in [0.1, 0.15) is 52.9 Å². The Hall–Kier alpha value is -2.35. The second kappa shape index (κ2) is 9.91. The molecule has 29 heavy (non-hydrogen) atoms. The monoisotopic (exact) mass is 426 g/mol. The van der Waals surface area contributed by atoms with Crippen LogP contribution in [0, 0.1) is 0 Å². The van der Waals surface area contributed by atoms with Gasteiger partial charge in [0, 0.05) is 11.4 Å². The van der Waals surface area contributed by atoms with E-state index in [1.165, 1.54) is 34.4 Å². The number of rotatable bonds is 8. The number of carbonyl (C=O) groups excluding carboxylic acids is 2. The Balaban J connectivity index is 2.14. The van der Waals surface area contributed by atoms with E-state index < -0.39 is 17.6 Å². The molecule has 158 valence electrons. The fourth-order valence-electron chi connectivity index (χ4n) is 3.00. The molecule has 2 rings (SSSR count). The second-order valence-corrected chi connectivity index (χ2v) is 7.71. The molecule has 2 aromatic rings. The number of thiophene rings is 1. The van der Waals surface area contributed by atoms with Crippen molar-refractivity contribution in [3.63, 3.8) is 0 Å². The molecular weight excluding hydrogens is 401 g/mol. The third-order valence-corrected chi connectivity index (χ3v) is 5.70. The summed E-state index contributed by atoms with van der Waals surface area (Å²) >= 11 is 1.43. The summed E-state index contributed by atoms with van der Waals surface area (Å²) in [5.74, 6) is -0.952. The van der Waals surface area contributed by atoms with Crippen molar-refractivity contribution in [2.24, 2.45) is 0 Å². The van der Waals surface area contributed by atoms with E-state index in [0.29, 0.717) is 4.88 Å². The van der Waals surface area contributed by atoms with Crippen molar-refractivity contribution in [2.75, 3.05) is 18.4 Å². The fourth-order valence-corrected chi connectivity index (χ4v) is 4.32. The van der Waals surface area contributed by atoms with Gasteiger partial charge < -0.3 is 10.2 Å². The molecule has 1 aromatic heterocycles. The van der Waals surface area contributed by atoms with Crippen LogP contribution in [0.25, 0.3) is 0 Å². The van der Waals surface area contributed by atoms with Gasteiger partial charge in [-0.05, 0) is 43.5 Å². The number of benzene rings is 1. The Kier molecular flexibility index (Phi) is 7.84. The zero-order valence-electron chi connectivity index (χ0n) is 16.7. The van der Waals surface area contributed by atoms with Gasteiger partial charge in [0.15, 0.2) is 0 Å². The van der Waals surface area contributed by atoms with E-state index in [2.05, 4.69) is 12.2 Å². The molecule has 1 N–H and O–H groups in total. The fraction of sp³-hybridized carbons (Fsp3) is 0.429. The summed E-state index contributed by atoms with van der Waals surface area (Å²) in [5, 5.41) is 2.29. The number of nitrogens with one attached hydrogen (secondary N) is 1. The number of carbonyl (C=O) groups is 2. The van der Waals surface area contributed by atoms with Crippen LogP contribution < -0.4 is 5.32 Å². The van der Waals surface area contributed by atoms with Crippen LogP contribution in [0.4, 0.5) is 18.9 Å². The van der Waals surface area contributed by atoms with Gasteiger partial charge in [0.05, 0.1) is 16.1 Å². The first-order valence-corrected chi connectivity index (χ1v) is 10.4. The Morgan fingerprint density at radius 3 is 2.41 bits per heavy atom. The van der Waals surface area contributed by atoms with Crippen molar-refractivity contribution in [3.05, 3.63) is 51.2 Å². The number of amides is 2. The van der Waals surface area contributed by atoms with Gasteiger partial charge in [-0.3, -0.25) is 9.59 Å². The summed E-state index contributed by atoms with van der Waals surface area (Å²) in [6.07, 6.45) is -1.89. The predicted octanol–water partition coefficient (Wildman–Crippen LogP) is 5.38. The Labute approximate surface area is 172 Å². The molecule has 0 aliphatic carbocycles. The molecule has 0 spiro atoms. The lowest BCUT2D eigenvalue weighted by atomic mass is 10.1. The van der Waals surface area contributed by atoms with Gasteiger partial charge in [0.25, 0.3) is 5.91 Å². The highest BCUT2D eigenvalue weighted by Gasteiger charge is 2.33. The molecule has 1 heterocycles. The first-order chi connectivity index (χ1) is 13.7. The van der Waals surface area contributed by atoms with E-state index in [1.54, 1.807) is 6.92 Å². The number of alkyl halides is 3. The molecule has 0 bridgehead atoms. The lowest BCUT2D eigenvalue weighted by molar-refractivity contribution is -0.137. The van der Waals surface area contributed by atoms with E-state index in [1.807, 2.05) is 13.0 Å². The number of nitrogens with zero attached hydrogens (tertiary/aromatic N) is 1. The number of hydrogen-bond donors (Lipinski definition) is 1. The molecule has 0 atom stereocenters. The predicted molar refractivity (Wildman–Crippen MR) is 109 cm³/mol. The average Bonchev–Trinajstić information content (AvgIpc) is 3.08. The van der Waals surface area contributed by atoms with E-state index in [4.69, 9.17) is 0 Å². The Bertz CT molecular complexity index is 862. The normalized spacial score (nSPS) is 11.4. The van der Waals surface area contributed by atoms with Crippen LogP contribution in [0.5, 0.6) is 0 Å². The van der Waals surface area contributed by atoms with Crippen molar-refractivity contribution >= 4 is 28.8 Å². The minimum Gasteiger partial charge on any atom is -0.329 e. The molecule has 8 heteroatoms. The third kappa shape index (κ3) is 5.82. The molecule has 0 saturated carbocycles. The van der Waals surface area contributed by atoms with Crippen molar-refractivity contribution < 1.29 is 22.8 Å². The van der Waals surface area contributed by atoms with Crippen LogP contribution >= 0.6 is 11.3 Å². The number of aryl methyl sites for hydroxylation is 2. The number of anilines is 1. The SMILES string of the molecule is CCCc1sc(C(=O)N(CC)CC(=O)Nc2ccccc2C(F)(F)F)cc1CC. The molecule has 1 aromatic carbocycles. The molecule has 0 radical (unpaired) electrons. The minimum absolute atomic E-state index is 0.273. The van der Waals surface area contributed by atoms with Crippen LogP contribution in [0.3, 0.4) is 0 Å². The highest BCUT2D eigenvalue weighted by Crippen LogP contribution is 2.34. The molecule has 0 saturated heterocycles. The van der Waals surface area contributed by atoms with Gasteiger partial charge in [-0.15, -0.1) is 11.3 Å². The van der Waals surface area contributed by atoms with Crippen molar-refractivity contribution in [2.45, 2.75) is 46.2 Å². The van der Waals surface area contributed by atoms with Gasteiger partial charge in [-0.1, -0.05) is 32.4 Å². The maximum absolute atomic E-state index is 13.1. The number of halogens is 3. The Morgan fingerprint density at radius 1 is 1.14 bits per heavy atom. The minimum atomic E-state index is -4.58. The summed E-state index contributed by atoms with van der Waals surface area (Å²) in [7, 11) is 0. The first kappa shape index (κ1) is 22.9. The standard InChI is InChI=1S/C21H25F3N2O2S/c1-4-9-17-14(5-2)12-18(29-17)20(28)26(6-3)13-19(27)25-16-11-8-7-10-15(16)21(22,23)24/h7-8,10-12H,4-6,9,13H2,1-3H3,(H,25,27). The van der Waals surface area contributed by atoms with Gasteiger partial charge in [-0.2, -0.15) is 13.2 Å². The largest absolute Gasteiger partial charge is 0.418 e.